The Morgan fingerprint density at radius 2 is 1.88 bits per heavy atom. The van der Waals surface area contributed by atoms with Crippen molar-refractivity contribution >= 4 is 21.4 Å². The first-order valence-electron chi connectivity index (χ1n) is 8.33. The van der Waals surface area contributed by atoms with E-state index >= 15 is 0 Å². The van der Waals surface area contributed by atoms with E-state index in [9.17, 15) is 8.42 Å². The number of methoxy groups -OCH3 is 1. The van der Waals surface area contributed by atoms with Gasteiger partial charge in [-0.1, -0.05) is 0 Å². The molecule has 1 aromatic heterocycles. The summed E-state index contributed by atoms with van der Waals surface area (Å²) in [4.78, 5) is 2.46. The smallest absolute Gasteiger partial charge is 0.243 e. The predicted octanol–water partition coefficient (Wildman–Crippen LogP) is 3.06. The van der Waals surface area contributed by atoms with Gasteiger partial charge in [-0.3, -0.25) is 0 Å². The lowest BCUT2D eigenvalue weighted by Gasteiger charge is -2.21. The Kier molecular flexibility index (Phi) is 5.48. The van der Waals surface area contributed by atoms with Gasteiger partial charge in [0, 0.05) is 31.3 Å². The molecule has 0 bridgehead atoms. The molecule has 2 aromatic rings. The molecule has 0 atom stereocenters. The van der Waals surface area contributed by atoms with E-state index in [2.05, 4.69) is 15.7 Å². The van der Waals surface area contributed by atoms with Crippen LogP contribution in [0.3, 0.4) is 0 Å². The fraction of sp³-hybridized carbons (Fsp3) is 0.444. The van der Waals surface area contributed by atoms with E-state index in [1.165, 1.54) is 0 Å². The normalized spacial score (nSPS) is 17.4. The highest BCUT2D eigenvalue weighted by Crippen LogP contribution is 2.36. The molecule has 0 spiro atoms. The van der Waals surface area contributed by atoms with Crippen molar-refractivity contribution in [1.29, 1.82) is 0 Å². The Morgan fingerprint density at radius 3 is 2.56 bits per heavy atom. The number of hydrogen-bond donors (Lipinski definition) is 0. The zero-order valence-corrected chi connectivity index (χ0v) is 16.5. The third-order valence-corrected chi connectivity index (χ3v) is 7.39. The Bertz CT molecular complexity index is 846. The fourth-order valence-electron chi connectivity index (χ4n) is 3.10. The summed E-state index contributed by atoms with van der Waals surface area (Å²) < 4.78 is 33.2. The van der Waals surface area contributed by atoms with Gasteiger partial charge in [0.25, 0.3) is 0 Å². The maximum absolute atomic E-state index is 13.0. The van der Waals surface area contributed by atoms with Crippen molar-refractivity contribution in [2.24, 2.45) is 0 Å². The van der Waals surface area contributed by atoms with Crippen LogP contribution in [0, 0.1) is 6.92 Å². The molecule has 1 saturated heterocycles. The van der Waals surface area contributed by atoms with E-state index < -0.39 is 10.0 Å². The molecule has 1 aromatic carbocycles. The number of hydrogen-bond acceptors (Lipinski definition) is 5. The van der Waals surface area contributed by atoms with Crippen LogP contribution >= 0.6 is 11.3 Å². The second-order valence-electron chi connectivity index (χ2n) is 6.39. The highest BCUT2D eigenvalue weighted by molar-refractivity contribution is 7.89. The average Bonchev–Trinajstić information content (AvgIpc) is 2.89. The number of likely N-dealkylation sites (N-methyl/N-ethyl adjacent to an activating group) is 1. The van der Waals surface area contributed by atoms with E-state index in [1.807, 2.05) is 20.0 Å². The topological polar surface area (TPSA) is 49.9 Å². The van der Waals surface area contributed by atoms with Gasteiger partial charge in [-0.05, 0) is 61.0 Å². The van der Waals surface area contributed by atoms with Crippen LogP contribution in [-0.4, -0.2) is 58.0 Å². The van der Waals surface area contributed by atoms with Gasteiger partial charge in [0.2, 0.25) is 10.0 Å². The second-order valence-corrected chi connectivity index (χ2v) is 9.07. The third-order valence-electron chi connectivity index (χ3n) is 4.63. The number of thiophene rings is 1. The van der Waals surface area contributed by atoms with Gasteiger partial charge in [-0.15, -0.1) is 0 Å². The maximum atomic E-state index is 13.0. The summed E-state index contributed by atoms with van der Waals surface area (Å²) in [7, 11) is 0.0983. The first-order chi connectivity index (χ1) is 11.9. The molecule has 1 aliphatic rings. The van der Waals surface area contributed by atoms with Crippen LogP contribution in [0.5, 0.6) is 5.75 Å². The minimum atomic E-state index is -3.51. The number of ether oxygens (including phenoxy) is 1. The molecule has 0 N–H and O–H groups in total. The molecular formula is C18H24N2O3S2. The van der Waals surface area contributed by atoms with Gasteiger partial charge in [0.05, 0.1) is 12.0 Å². The molecule has 0 aliphatic carbocycles. The van der Waals surface area contributed by atoms with Gasteiger partial charge < -0.3 is 9.64 Å². The van der Waals surface area contributed by atoms with Crippen molar-refractivity contribution < 1.29 is 13.2 Å². The predicted molar refractivity (Wildman–Crippen MR) is 102 cm³/mol. The minimum Gasteiger partial charge on any atom is -0.496 e. The second kappa shape index (κ2) is 7.45. The fourth-order valence-corrected chi connectivity index (χ4v) is 5.44. The first-order valence-corrected chi connectivity index (χ1v) is 10.7. The summed E-state index contributed by atoms with van der Waals surface area (Å²) >= 11 is 1.63. The number of aryl methyl sites for hydroxylation is 1. The molecule has 1 fully saturated rings. The molecule has 1 aliphatic heterocycles. The molecular weight excluding hydrogens is 356 g/mol. The lowest BCUT2D eigenvalue weighted by molar-refractivity contribution is 0.347. The lowest BCUT2D eigenvalue weighted by Crippen LogP contribution is -2.34. The van der Waals surface area contributed by atoms with Crippen molar-refractivity contribution in [3.8, 4) is 16.9 Å². The average molecular weight is 381 g/mol. The van der Waals surface area contributed by atoms with Crippen molar-refractivity contribution in [1.82, 2.24) is 9.21 Å². The third kappa shape index (κ3) is 3.74. The number of benzene rings is 1. The van der Waals surface area contributed by atoms with Crippen LogP contribution < -0.4 is 4.74 Å². The molecule has 136 valence electrons. The SMILES string of the molecule is COc1cc(S(=O)(=O)N2CCCN(C)CC2)ccc1-c1cscc1C. The van der Waals surface area contributed by atoms with E-state index in [0.29, 0.717) is 23.7 Å². The molecule has 0 unspecified atom stereocenters. The Labute approximate surface area is 153 Å². The highest BCUT2D eigenvalue weighted by Gasteiger charge is 2.27. The standard InChI is InChI=1S/C18H24N2O3S2/c1-14-12-24-13-17(14)16-6-5-15(11-18(16)23-3)25(21,22)20-8-4-7-19(2)9-10-20/h5-6,11-13H,4,7-10H2,1-3H3. The summed E-state index contributed by atoms with van der Waals surface area (Å²) in [5.74, 6) is 0.592. The summed E-state index contributed by atoms with van der Waals surface area (Å²) in [5.41, 5.74) is 3.17. The van der Waals surface area contributed by atoms with Gasteiger partial charge >= 0.3 is 0 Å². The highest BCUT2D eigenvalue weighted by atomic mass is 32.2. The van der Waals surface area contributed by atoms with Crippen LogP contribution in [0.15, 0.2) is 33.9 Å². The lowest BCUT2D eigenvalue weighted by atomic mass is 10.0. The largest absolute Gasteiger partial charge is 0.496 e. The quantitative estimate of drug-likeness (QED) is 0.818. The zero-order chi connectivity index (χ0) is 18.0. The van der Waals surface area contributed by atoms with E-state index in [1.54, 1.807) is 34.9 Å². The van der Waals surface area contributed by atoms with Gasteiger partial charge in [-0.25, -0.2) is 8.42 Å². The van der Waals surface area contributed by atoms with E-state index in [0.717, 1.165) is 36.2 Å². The Hall–Kier alpha value is -1.41. The molecule has 0 radical (unpaired) electrons. The van der Waals surface area contributed by atoms with Crippen molar-refractivity contribution in [2.75, 3.05) is 40.3 Å². The van der Waals surface area contributed by atoms with E-state index in [4.69, 9.17) is 4.74 Å². The summed E-state index contributed by atoms with van der Waals surface area (Å²) in [6.07, 6.45) is 0.846. The van der Waals surface area contributed by atoms with Crippen molar-refractivity contribution in [2.45, 2.75) is 18.2 Å². The van der Waals surface area contributed by atoms with Crippen LogP contribution in [0.25, 0.3) is 11.1 Å². The number of nitrogens with zero attached hydrogens (tertiary/aromatic N) is 2. The number of rotatable bonds is 4. The van der Waals surface area contributed by atoms with Crippen molar-refractivity contribution in [3.63, 3.8) is 0 Å². The Morgan fingerprint density at radius 1 is 1.08 bits per heavy atom. The summed E-state index contributed by atoms with van der Waals surface area (Å²) in [6, 6.07) is 5.19. The van der Waals surface area contributed by atoms with Gasteiger partial charge in [0.15, 0.2) is 0 Å². The van der Waals surface area contributed by atoms with Crippen LogP contribution in [-0.2, 0) is 10.0 Å². The van der Waals surface area contributed by atoms with Crippen LogP contribution in [0.1, 0.15) is 12.0 Å². The van der Waals surface area contributed by atoms with Crippen LogP contribution in [0.4, 0.5) is 0 Å². The van der Waals surface area contributed by atoms with Gasteiger partial charge in [0.1, 0.15) is 5.75 Å². The molecule has 25 heavy (non-hydrogen) atoms. The van der Waals surface area contributed by atoms with Gasteiger partial charge in [-0.2, -0.15) is 15.6 Å². The van der Waals surface area contributed by atoms with E-state index in [-0.39, 0.29) is 0 Å². The Balaban J connectivity index is 1.96. The van der Waals surface area contributed by atoms with Crippen LogP contribution in [0.2, 0.25) is 0 Å². The monoisotopic (exact) mass is 380 g/mol. The minimum absolute atomic E-state index is 0.297. The molecule has 5 nitrogen and oxygen atoms in total. The molecule has 0 saturated carbocycles. The zero-order valence-electron chi connectivity index (χ0n) is 14.9. The summed E-state index contributed by atoms with van der Waals surface area (Å²) in [6.45, 7) is 4.80. The maximum Gasteiger partial charge on any atom is 0.243 e. The molecule has 0 amide bonds. The summed E-state index contributed by atoms with van der Waals surface area (Å²) in [5, 5.41) is 4.14. The molecule has 2 heterocycles. The number of sulfonamides is 1. The first kappa shape index (κ1) is 18.4. The molecule has 3 rings (SSSR count). The molecule has 7 heteroatoms. The van der Waals surface area contributed by atoms with Crippen molar-refractivity contribution in [3.05, 3.63) is 34.5 Å².